The van der Waals surface area contributed by atoms with Gasteiger partial charge in [0, 0.05) is 18.0 Å². The fourth-order valence-corrected chi connectivity index (χ4v) is 2.35. The van der Waals surface area contributed by atoms with E-state index in [1.54, 1.807) is 6.26 Å². The van der Waals surface area contributed by atoms with Crippen molar-refractivity contribution < 1.29 is 4.42 Å². The zero-order chi connectivity index (χ0) is 11.9. The Kier molecular flexibility index (Phi) is 4.56. The van der Waals surface area contributed by atoms with Crippen LogP contribution in [-0.4, -0.2) is 12.3 Å². The van der Waals surface area contributed by atoms with E-state index in [2.05, 4.69) is 36.5 Å². The van der Waals surface area contributed by atoms with Gasteiger partial charge in [0.1, 0.15) is 5.76 Å². The van der Waals surface area contributed by atoms with Gasteiger partial charge in [-0.1, -0.05) is 12.1 Å². The number of hydrogen-bond acceptors (Lipinski definition) is 3. The van der Waals surface area contributed by atoms with E-state index in [1.807, 2.05) is 23.9 Å². The molecular weight excluding hydrogens is 230 g/mol. The van der Waals surface area contributed by atoms with Crippen LogP contribution in [0, 0.1) is 6.92 Å². The molecule has 1 heterocycles. The molecule has 2 nitrogen and oxygen atoms in total. The highest BCUT2D eigenvalue weighted by molar-refractivity contribution is 7.98. The number of anilines is 1. The number of furan rings is 1. The first kappa shape index (κ1) is 12.1. The van der Waals surface area contributed by atoms with Crippen molar-refractivity contribution >= 4 is 17.4 Å². The van der Waals surface area contributed by atoms with Crippen molar-refractivity contribution in [3.05, 3.63) is 54.0 Å². The standard InChI is InChI=1S/C14H17NOS/c1-12-4-2-5-13(10-12)15-7-9-17-11-14-6-3-8-16-14/h2-6,8,10,15H,7,9,11H2,1H3. The second-order valence-corrected chi connectivity index (χ2v) is 5.03. The summed E-state index contributed by atoms with van der Waals surface area (Å²) in [4.78, 5) is 0. The smallest absolute Gasteiger partial charge is 0.113 e. The van der Waals surface area contributed by atoms with Crippen LogP contribution < -0.4 is 5.32 Å². The normalized spacial score (nSPS) is 10.4. The first-order valence-electron chi connectivity index (χ1n) is 5.75. The Morgan fingerprint density at radius 1 is 1.24 bits per heavy atom. The van der Waals surface area contributed by atoms with Gasteiger partial charge < -0.3 is 9.73 Å². The van der Waals surface area contributed by atoms with Crippen molar-refractivity contribution in [2.24, 2.45) is 0 Å². The molecule has 1 aromatic carbocycles. The Balaban J connectivity index is 1.63. The molecule has 0 radical (unpaired) electrons. The second-order valence-electron chi connectivity index (χ2n) is 3.93. The maximum Gasteiger partial charge on any atom is 0.113 e. The molecule has 0 aliphatic carbocycles. The molecule has 90 valence electrons. The topological polar surface area (TPSA) is 25.2 Å². The molecule has 0 aliphatic rings. The highest BCUT2D eigenvalue weighted by Crippen LogP contribution is 2.13. The van der Waals surface area contributed by atoms with Gasteiger partial charge in [0.15, 0.2) is 0 Å². The minimum Gasteiger partial charge on any atom is -0.468 e. The number of thioether (sulfide) groups is 1. The average molecular weight is 247 g/mol. The molecule has 17 heavy (non-hydrogen) atoms. The molecule has 0 spiro atoms. The number of rotatable bonds is 6. The van der Waals surface area contributed by atoms with Crippen molar-refractivity contribution in [2.75, 3.05) is 17.6 Å². The van der Waals surface area contributed by atoms with E-state index >= 15 is 0 Å². The van der Waals surface area contributed by atoms with E-state index < -0.39 is 0 Å². The molecule has 0 fully saturated rings. The van der Waals surface area contributed by atoms with Crippen LogP contribution in [0.15, 0.2) is 47.1 Å². The predicted octanol–water partition coefficient (Wildman–Crippen LogP) is 3.93. The van der Waals surface area contributed by atoms with Crippen LogP contribution in [0.1, 0.15) is 11.3 Å². The van der Waals surface area contributed by atoms with Gasteiger partial charge in [0.05, 0.1) is 12.0 Å². The van der Waals surface area contributed by atoms with Crippen molar-refractivity contribution in [3.8, 4) is 0 Å². The van der Waals surface area contributed by atoms with Gasteiger partial charge in [-0.2, -0.15) is 11.8 Å². The fraction of sp³-hybridized carbons (Fsp3) is 0.286. The van der Waals surface area contributed by atoms with Crippen LogP contribution in [0.25, 0.3) is 0 Å². The Morgan fingerprint density at radius 3 is 2.94 bits per heavy atom. The highest BCUT2D eigenvalue weighted by Gasteiger charge is 1.96. The maximum absolute atomic E-state index is 5.27. The molecule has 0 atom stereocenters. The second kappa shape index (κ2) is 6.40. The van der Waals surface area contributed by atoms with Crippen LogP contribution in [0.5, 0.6) is 0 Å². The van der Waals surface area contributed by atoms with Gasteiger partial charge in [-0.3, -0.25) is 0 Å². The van der Waals surface area contributed by atoms with E-state index in [-0.39, 0.29) is 0 Å². The summed E-state index contributed by atoms with van der Waals surface area (Å²) in [5.74, 6) is 3.07. The minimum atomic E-state index is 0.947. The third-order valence-corrected chi connectivity index (χ3v) is 3.40. The SMILES string of the molecule is Cc1cccc(NCCSCc2ccco2)c1. The third-order valence-electron chi connectivity index (χ3n) is 2.42. The van der Waals surface area contributed by atoms with Gasteiger partial charge >= 0.3 is 0 Å². The molecule has 0 saturated heterocycles. The molecule has 1 aromatic heterocycles. The summed E-state index contributed by atoms with van der Waals surface area (Å²) >= 11 is 1.88. The number of nitrogens with one attached hydrogen (secondary N) is 1. The highest BCUT2D eigenvalue weighted by atomic mass is 32.2. The predicted molar refractivity (Wildman–Crippen MR) is 74.5 cm³/mol. The van der Waals surface area contributed by atoms with E-state index in [1.165, 1.54) is 11.3 Å². The Morgan fingerprint density at radius 2 is 2.18 bits per heavy atom. The molecule has 2 rings (SSSR count). The quantitative estimate of drug-likeness (QED) is 0.783. The van der Waals surface area contributed by atoms with Crippen molar-refractivity contribution in [3.63, 3.8) is 0 Å². The molecule has 0 bridgehead atoms. The zero-order valence-corrected chi connectivity index (χ0v) is 10.8. The average Bonchev–Trinajstić information content (AvgIpc) is 2.82. The molecular formula is C14H17NOS. The lowest BCUT2D eigenvalue weighted by Gasteiger charge is -2.06. The summed E-state index contributed by atoms with van der Waals surface area (Å²) < 4.78 is 5.27. The molecule has 0 unspecified atom stereocenters. The van der Waals surface area contributed by atoms with Crippen LogP contribution in [0.3, 0.4) is 0 Å². The lowest BCUT2D eigenvalue weighted by Crippen LogP contribution is -2.04. The zero-order valence-electron chi connectivity index (χ0n) is 9.98. The first-order chi connectivity index (χ1) is 8.34. The van der Waals surface area contributed by atoms with Gasteiger partial charge in [0.25, 0.3) is 0 Å². The first-order valence-corrected chi connectivity index (χ1v) is 6.91. The largest absolute Gasteiger partial charge is 0.468 e. The minimum absolute atomic E-state index is 0.947. The summed E-state index contributed by atoms with van der Waals surface area (Å²) in [5.41, 5.74) is 2.49. The Labute approximate surface area is 106 Å². The van der Waals surface area contributed by atoms with Crippen LogP contribution in [-0.2, 0) is 5.75 Å². The third kappa shape index (κ3) is 4.19. The van der Waals surface area contributed by atoms with Gasteiger partial charge in [-0.05, 0) is 36.8 Å². The molecule has 1 N–H and O–H groups in total. The summed E-state index contributed by atoms with van der Waals surface area (Å²) in [6.45, 7) is 3.09. The summed E-state index contributed by atoms with van der Waals surface area (Å²) in [5, 5.41) is 3.41. The van der Waals surface area contributed by atoms with Crippen molar-refractivity contribution in [1.82, 2.24) is 0 Å². The molecule has 0 saturated carbocycles. The monoisotopic (exact) mass is 247 g/mol. The Bertz CT molecular complexity index is 439. The molecule has 3 heteroatoms. The molecule has 0 amide bonds. The van der Waals surface area contributed by atoms with E-state index in [0.29, 0.717) is 0 Å². The number of hydrogen-bond donors (Lipinski definition) is 1. The van der Waals surface area contributed by atoms with E-state index in [4.69, 9.17) is 4.42 Å². The lowest BCUT2D eigenvalue weighted by atomic mass is 10.2. The lowest BCUT2D eigenvalue weighted by molar-refractivity contribution is 0.530. The van der Waals surface area contributed by atoms with E-state index in [0.717, 1.165) is 23.8 Å². The number of benzene rings is 1. The maximum atomic E-state index is 5.27. The summed E-state index contributed by atoms with van der Waals surface area (Å²) in [6, 6.07) is 12.4. The Hall–Kier alpha value is -1.35. The van der Waals surface area contributed by atoms with Gasteiger partial charge in [0.2, 0.25) is 0 Å². The van der Waals surface area contributed by atoms with Crippen LogP contribution in [0.2, 0.25) is 0 Å². The summed E-state index contributed by atoms with van der Waals surface area (Å²) in [7, 11) is 0. The summed E-state index contributed by atoms with van der Waals surface area (Å²) in [6.07, 6.45) is 1.72. The molecule has 2 aromatic rings. The number of aryl methyl sites for hydroxylation is 1. The van der Waals surface area contributed by atoms with Crippen molar-refractivity contribution in [1.29, 1.82) is 0 Å². The van der Waals surface area contributed by atoms with Crippen LogP contribution >= 0.6 is 11.8 Å². The van der Waals surface area contributed by atoms with Crippen molar-refractivity contribution in [2.45, 2.75) is 12.7 Å². The molecule has 0 aliphatic heterocycles. The van der Waals surface area contributed by atoms with Gasteiger partial charge in [-0.15, -0.1) is 0 Å². The van der Waals surface area contributed by atoms with Gasteiger partial charge in [-0.25, -0.2) is 0 Å². The fourth-order valence-electron chi connectivity index (χ4n) is 1.59. The van der Waals surface area contributed by atoms with Crippen LogP contribution in [0.4, 0.5) is 5.69 Å². The van der Waals surface area contributed by atoms with E-state index in [9.17, 15) is 0 Å².